The van der Waals surface area contributed by atoms with Crippen LogP contribution < -0.4 is 0 Å². The zero-order valence-corrected chi connectivity index (χ0v) is 36.1. The molecule has 0 bridgehead atoms. The van der Waals surface area contributed by atoms with Crippen molar-refractivity contribution in [2.75, 3.05) is 0 Å². The molecule has 8 heteroatoms. The van der Waals surface area contributed by atoms with Crippen molar-refractivity contribution >= 4 is 38.5 Å². The molecule has 0 saturated carbocycles. The van der Waals surface area contributed by atoms with E-state index in [2.05, 4.69) is 103 Å². The minimum atomic E-state index is -2.35. The average Bonchev–Trinajstić information content (AvgIpc) is 3.94. The molecule has 10 rings (SSSR count). The van der Waals surface area contributed by atoms with E-state index in [1.54, 1.807) is 18.3 Å². The second kappa shape index (κ2) is 16.2. The number of aromatic nitrogens is 3. The van der Waals surface area contributed by atoms with Crippen LogP contribution in [0, 0.1) is 12.1 Å². The quantitative estimate of drug-likeness (QED) is 0.149. The molecule has 304 valence electrons. The third kappa shape index (κ3) is 7.26. The minimum Gasteiger partial charge on any atom is -0.491 e. The first-order chi connectivity index (χ1) is 29.6. The van der Waals surface area contributed by atoms with Gasteiger partial charge in [-0.25, -0.2) is 4.39 Å². The number of halogens is 3. The van der Waals surface area contributed by atoms with Gasteiger partial charge in [-0.3, -0.25) is 9.97 Å². The molecule has 0 amide bonds. The summed E-state index contributed by atoms with van der Waals surface area (Å²) in [6.07, 6.45) is 3.23. The number of nitrogens with zero attached hydrogens (tertiary/aromatic N) is 3. The summed E-state index contributed by atoms with van der Waals surface area (Å²) in [5.74, 6) is -0.869. The van der Waals surface area contributed by atoms with E-state index in [-0.39, 0.29) is 32.0 Å². The van der Waals surface area contributed by atoms with Crippen LogP contribution >= 0.6 is 0 Å². The van der Waals surface area contributed by atoms with Crippen molar-refractivity contribution in [3.63, 3.8) is 0 Å². The predicted molar refractivity (Wildman–Crippen MR) is 240 cm³/mol. The molecule has 0 saturated heterocycles. The molecule has 0 radical (unpaired) electrons. The van der Waals surface area contributed by atoms with Gasteiger partial charge in [0.2, 0.25) is 0 Å². The zero-order chi connectivity index (χ0) is 41.8. The van der Waals surface area contributed by atoms with E-state index in [4.69, 9.17) is 9.40 Å². The molecular weight excluding hydrogens is 959 g/mol. The predicted octanol–water partition coefficient (Wildman–Crippen LogP) is 15.1. The fourth-order valence-electron chi connectivity index (χ4n) is 8.23. The first-order valence-electron chi connectivity index (χ1n) is 20.0. The summed E-state index contributed by atoms with van der Waals surface area (Å²) in [5.41, 5.74) is 11.0. The van der Waals surface area contributed by atoms with Crippen LogP contribution in [0.25, 0.3) is 100 Å². The molecule has 0 aliphatic carbocycles. The van der Waals surface area contributed by atoms with E-state index in [1.807, 2.05) is 73.1 Å². The third-order valence-electron chi connectivity index (χ3n) is 11.2. The average molecular weight is 995 g/mol. The van der Waals surface area contributed by atoms with Crippen LogP contribution in [0.1, 0.15) is 31.9 Å². The van der Waals surface area contributed by atoms with E-state index < -0.39 is 11.9 Å². The molecule has 3 aromatic heterocycles. The Kier molecular flexibility index (Phi) is 10.6. The van der Waals surface area contributed by atoms with Gasteiger partial charge in [0.05, 0.1) is 11.4 Å². The molecule has 0 fully saturated rings. The number of hydrogen-bond acceptors (Lipinski definition) is 3. The monoisotopic (exact) mass is 994 g/mol. The largest absolute Gasteiger partial charge is 2.00 e. The van der Waals surface area contributed by atoms with Gasteiger partial charge in [0, 0.05) is 40.9 Å². The SMILES string of the molecule is CC(C)(C)c1cc(-c2ccccc2)ccc1-n1ccnc1-c1[c-]c2c(-c3[c-]c(-c4ccccn4)ccc3)cccc2c2c1oc1cc(-c3ccc(C(F)=C(F)F)cc3)ccc12.[Pt+2]. The Morgan fingerprint density at radius 1 is 0.629 bits per heavy atom. The van der Waals surface area contributed by atoms with Crippen LogP contribution in [0.15, 0.2) is 175 Å². The van der Waals surface area contributed by atoms with E-state index in [1.165, 1.54) is 12.1 Å². The summed E-state index contributed by atoms with van der Waals surface area (Å²) < 4.78 is 49.1. The summed E-state index contributed by atoms with van der Waals surface area (Å²) in [7, 11) is 0. The molecule has 0 atom stereocenters. The van der Waals surface area contributed by atoms with Crippen LogP contribution in [0.5, 0.6) is 0 Å². The van der Waals surface area contributed by atoms with Crippen LogP contribution in [-0.2, 0) is 26.5 Å². The van der Waals surface area contributed by atoms with Gasteiger partial charge in [0.1, 0.15) is 5.58 Å². The minimum absolute atomic E-state index is 0. The standard InChI is InChI=1S/C54H36F3N3O.Pt/c1-54(2,3)45-30-36(33-11-5-4-6-12-33)23-25-47(45)60-28-27-59-53(60)44-32-43-40(38-13-9-14-39(29-38)46-17-7-8-26-58-46)15-10-16-41(43)49-42-24-22-37(31-48(42)61-51(44)49)34-18-20-35(21-19-34)50(55)52(56)57;/h4-28,30-31H,1-3H3;/q-2;+2. The summed E-state index contributed by atoms with van der Waals surface area (Å²) in [6.45, 7) is 6.66. The van der Waals surface area contributed by atoms with Crippen LogP contribution in [0.3, 0.4) is 0 Å². The summed E-state index contributed by atoms with van der Waals surface area (Å²) in [5, 5.41) is 3.61. The van der Waals surface area contributed by atoms with Crippen molar-refractivity contribution in [1.29, 1.82) is 0 Å². The first kappa shape index (κ1) is 40.6. The van der Waals surface area contributed by atoms with Gasteiger partial charge in [-0.1, -0.05) is 140 Å². The van der Waals surface area contributed by atoms with Gasteiger partial charge in [0.25, 0.3) is 0 Å². The molecule has 0 N–H and O–H groups in total. The van der Waals surface area contributed by atoms with Gasteiger partial charge in [0.15, 0.2) is 5.83 Å². The van der Waals surface area contributed by atoms with E-state index in [0.29, 0.717) is 22.6 Å². The molecule has 3 heterocycles. The van der Waals surface area contributed by atoms with Gasteiger partial charge in [-0.05, 0) is 68.4 Å². The number of benzene rings is 7. The summed E-state index contributed by atoms with van der Waals surface area (Å²) >= 11 is 0. The summed E-state index contributed by atoms with van der Waals surface area (Å²) in [4.78, 5) is 9.60. The number of pyridine rings is 1. The fourth-order valence-corrected chi connectivity index (χ4v) is 8.23. The first-order valence-corrected chi connectivity index (χ1v) is 20.0. The molecule has 0 spiro atoms. The molecule has 0 aliphatic rings. The van der Waals surface area contributed by atoms with E-state index in [9.17, 15) is 13.2 Å². The van der Waals surface area contributed by atoms with Gasteiger partial charge in [-0.15, -0.1) is 41.3 Å². The number of furan rings is 1. The van der Waals surface area contributed by atoms with Crippen LogP contribution in [0.2, 0.25) is 0 Å². The maximum absolute atomic E-state index is 14.0. The second-order valence-electron chi connectivity index (χ2n) is 16.1. The molecule has 4 nitrogen and oxygen atoms in total. The topological polar surface area (TPSA) is 43.9 Å². The summed E-state index contributed by atoms with van der Waals surface area (Å²) in [6, 6.07) is 54.4. The maximum Gasteiger partial charge on any atom is 2.00 e. The van der Waals surface area contributed by atoms with Crippen molar-refractivity contribution in [3.05, 3.63) is 194 Å². The van der Waals surface area contributed by atoms with Crippen LogP contribution in [0.4, 0.5) is 13.2 Å². The Balaban J connectivity index is 0.00000490. The smallest absolute Gasteiger partial charge is 0.491 e. The van der Waals surface area contributed by atoms with Crippen molar-refractivity contribution in [3.8, 4) is 61.7 Å². The molecule has 62 heavy (non-hydrogen) atoms. The van der Waals surface area contributed by atoms with Crippen molar-refractivity contribution in [2.45, 2.75) is 26.2 Å². The van der Waals surface area contributed by atoms with Gasteiger partial charge < -0.3 is 8.98 Å². The number of rotatable bonds is 7. The number of hydrogen-bond donors (Lipinski definition) is 0. The van der Waals surface area contributed by atoms with Gasteiger partial charge >= 0.3 is 27.1 Å². The van der Waals surface area contributed by atoms with Crippen molar-refractivity contribution < 1.29 is 38.7 Å². The number of fused-ring (bicyclic) bond motifs is 5. The van der Waals surface area contributed by atoms with E-state index in [0.717, 1.165) is 77.4 Å². The second-order valence-corrected chi connectivity index (χ2v) is 16.1. The third-order valence-corrected chi connectivity index (χ3v) is 11.2. The Labute approximate surface area is 371 Å². The zero-order valence-electron chi connectivity index (χ0n) is 33.8. The normalized spacial score (nSPS) is 11.6. The Hall–Kier alpha value is -6.82. The van der Waals surface area contributed by atoms with Crippen molar-refractivity contribution in [1.82, 2.24) is 14.5 Å². The van der Waals surface area contributed by atoms with Crippen molar-refractivity contribution in [2.24, 2.45) is 0 Å². The maximum atomic E-state index is 14.0. The molecule has 7 aromatic carbocycles. The molecule has 0 unspecified atom stereocenters. The number of imidazole rings is 1. The van der Waals surface area contributed by atoms with E-state index >= 15 is 0 Å². The van der Waals surface area contributed by atoms with Gasteiger partial charge in [-0.2, -0.15) is 8.78 Å². The Bertz CT molecular complexity index is 3310. The fraction of sp³-hybridized carbons (Fsp3) is 0.0741. The molecule has 10 aromatic rings. The Morgan fingerprint density at radius 2 is 1.34 bits per heavy atom. The Morgan fingerprint density at radius 3 is 2.10 bits per heavy atom. The van der Waals surface area contributed by atoms with Crippen LogP contribution in [-0.4, -0.2) is 14.5 Å². The molecule has 0 aliphatic heterocycles. The molecular formula is C54H36F3N3OPt.